The Balaban J connectivity index is 2.25. The van der Waals surface area contributed by atoms with Crippen molar-refractivity contribution in [2.24, 2.45) is 0 Å². The molecule has 1 aliphatic rings. The van der Waals surface area contributed by atoms with E-state index >= 15 is 0 Å². The Morgan fingerprint density at radius 2 is 2.40 bits per heavy atom. The average Bonchev–Trinajstić information content (AvgIpc) is 2.31. The first-order valence-corrected chi connectivity index (χ1v) is 4.82. The van der Waals surface area contributed by atoms with Crippen LogP contribution in [0.1, 0.15) is 17.2 Å². The van der Waals surface area contributed by atoms with Gasteiger partial charge in [0, 0.05) is 6.54 Å². The maximum Gasteiger partial charge on any atom is 0.140 e. The van der Waals surface area contributed by atoms with Gasteiger partial charge in [-0.2, -0.15) is 5.26 Å². The maximum absolute atomic E-state index is 13.1. The first kappa shape index (κ1) is 10.1. The molecule has 4 heteroatoms. The van der Waals surface area contributed by atoms with Gasteiger partial charge in [0.2, 0.25) is 0 Å². The number of morpholine rings is 1. The normalized spacial score (nSPS) is 20.9. The molecule has 1 aromatic carbocycles. The first-order valence-electron chi connectivity index (χ1n) is 4.82. The molecule has 15 heavy (non-hydrogen) atoms. The lowest BCUT2D eigenvalue weighted by atomic mass is 10.0. The SMILES string of the molecule is N#Cc1cc(C2COCCN2)ccc1F. The lowest BCUT2D eigenvalue weighted by molar-refractivity contribution is 0.0768. The van der Waals surface area contributed by atoms with Gasteiger partial charge in [0.15, 0.2) is 0 Å². The Hall–Kier alpha value is -1.44. The predicted molar refractivity (Wildman–Crippen MR) is 52.7 cm³/mol. The molecule has 1 aromatic rings. The topological polar surface area (TPSA) is 45.0 Å². The van der Waals surface area contributed by atoms with Gasteiger partial charge in [0.25, 0.3) is 0 Å². The summed E-state index contributed by atoms with van der Waals surface area (Å²) in [6, 6.07) is 6.47. The van der Waals surface area contributed by atoms with Crippen LogP contribution >= 0.6 is 0 Å². The zero-order valence-corrected chi connectivity index (χ0v) is 8.16. The molecule has 1 N–H and O–H groups in total. The molecule has 1 aliphatic heterocycles. The molecule has 1 fully saturated rings. The van der Waals surface area contributed by atoms with Crippen LogP contribution in [0.15, 0.2) is 18.2 Å². The maximum atomic E-state index is 13.1. The van der Waals surface area contributed by atoms with Crippen molar-refractivity contribution in [3.05, 3.63) is 35.1 Å². The highest BCUT2D eigenvalue weighted by atomic mass is 19.1. The third kappa shape index (κ3) is 2.14. The largest absolute Gasteiger partial charge is 0.378 e. The van der Waals surface area contributed by atoms with Gasteiger partial charge in [-0.1, -0.05) is 6.07 Å². The van der Waals surface area contributed by atoms with Crippen LogP contribution in [0.3, 0.4) is 0 Å². The van der Waals surface area contributed by atoms with Crippen molar-refractivity contribution in [1.82, 2.24) is 5.32 Å². The van der Waals surface area contributed by atoms with Crippen molar-refractivity contribution in [3.8, 4) is 6.07 Å². The zero-order valence-electron chi connectivity index (χ0n) is 8.16. The molecule has 1 saturated heterocycles. The second-order valence-electron chi connectivity index (χ2n) is 3.43. The van der Waals surface area contributed by atoms with Crippen LogP contribution in [0, 0.1) is 17.1 Å². The Kier molecular flexibility index (Phi) is 2.95. The standard InChI is InChI=1S/C11H11FN2O/c12-10-2-1-8(5-9(10)6-13)11-7-15-4-3-14-11/h1-2,5,11,14H,3-4,7H2. The molecule has 78 valence electrons. The van der Waals surface area contributed by atoms with E-state index in [-0.39, 0.29) is 11.6 Å². The first-order chi connectivity index (χ1) is 7.31. The molecule has 0 aliphatic carbocycles. The van der Waals surface area contributed by atoms with Crippen molar-refractivity contribution < 1.29 is 9.13 Å². The van der Waals surface area contributed by atoms with E-state index in [4.69, 9.17) is 10.00 Å². The number of hydrogen-bond donors (Lipinski definition) is 1. The monoisotopic (exact) mass is 206 g/mol. The summed E-state index contributed by atoms with van der Waals surface area (Å²) in [6.45, 7) is 2.04. The number of halogens is 1. The summed E-state index contributed by atoms with van der Waals surface area (Å²) in [5.74, 6) is -0.474. The van der Waals surface area contributed by atoms with Crippen LogP contribution in [0.4, 0.5) is 4.39 Å². The molecule has 1 heterocycles. The number of rotatable bonds is 1. The highest BCUT2D eigenvalue weighted by molar-refractivity contribution is 5.35. The third-order valence-electron chi connectivity index (χ3n) is 2.43. The summed E-state index contributed by atoms with van der Waals surface area (Å²) in [7, 11) is 0. The van der Waals surface area contributed by atoms with Crippen LogP contribution in [-0.4, -0.2) is 19.8 Å². The van der Waals surface area contributed by atoms with Gasteiger partial charge in [0.1, 0.15) is 11.9 Å². The summed E-state index contributed by atoms with van der Waals surface area (Å²) in [5.41, 5.74) is 0.979. The van der Waals surface area contributed by atoms with Crippen LogP contribution in [0.2, 0.25) is 0 Å². The van der Waals surface area contributed by atoms with Crippen molar-refractivity contribution >= 4 is 0 Å². The van der Waals surface area contributed by atoms with Gasteiger partial charge in [-0.25, -0.2) is 4.39 Å². The Morgan fingerprint density at radius 3 is 3.07 bits per heavy atom. The number of ether oxygens (including phenoxy) is 1. The van der Waals surface area contributed by atoms with Gasteiger partial charge >= 0.3 is 0 Å². The van der Waals surface area contributed by atoms with Gasteiger partial charge in [-0.15, -0.1) is 0 Å². The van der Waals surface area contributed by atoms with E-state index in [9.17, 15) is 4.39 Å². The minimum Gasteiger partial charge on any atom is -0.378 e. The minimum absolute atomic E-state index is 0.0615. The molecule has 3 nitrogen and oxygen atoms in total. The molecule has 0 aromatic heterocycles. The van der Waals surface area contributed by atoms with Crippen LogP contribution in [-0.2, 0) is 4.74 Å². The summed E-state index contributed by atoms with van der Waals surface area (Å²) in [6.07, 6.45) is 0. The fraction of sp³-hybridized carbons (Fsp3) is 0.364. The van der Waals surface area contributed by atoms with Crippen molar-refractivity contribution in [1.29, 1.82) is 5.26 Å². The van der Waals surface area contributed by atoms with Crippen LogP contribution < -0.4 is 5.32 Å². The molecule has 2 rings (SSSR count). The van der Waals surface area contributed by atoms with E-state index in [1.165, 1.54) is 6.07 Å². The fourth-order valence-electron chi connectivity index (χ4n) is 1.62. The zero-order chi connectivity index (χ0) is 10.7. The van der Waals surface area contributed by atoms with Gasteiger partial charge in [0.05, 0.1) is 24.8 Å². The Labute approximate surface area is 87.5 Å². The molecule has 1 unspecified atom stereocenters. The summed E-state index contributed by atoms with van der Waals surface area (Å²) >= 11 is 0. The number of nitrogens with zero attached hydrogens (tertiary/aromatic N) is 1. The quantitative estimate of drug-likeness (QED) is 0.754. The van der Waals surface area contributed by atoms with Crippen molar-refractivity contribution in [3.63, 3.8) is 0 Å². The van der Waals surface area contributed by atoms with E-state index in [1.807, 2.05) is 6.07 Å². The van der Waals surface area contributed by atoms with Crippen LogP contribution in [0.25, 0.3) is 0 Å². The number of benzene rings is 1. The van der Waals surface area contributed by atoms with E-state index in [2.05, 4.69) is 5.32 Å². The summed E-state index contributed by atoms with van der Waals surface area (Å²) < 4.78 is 18.4. The Morgan fingerprint density at radius 1 is 1.53 bits per heavy atom. The molecular weight excluding hydrogens is 195 g/mol. The van der Waals surface area contributed by atoms with E-state index in [0.29, 0.717) is 13.2 Å². The minimum atomic E-state index is -0.474. The van der Waals surface area contributed by atoms with E-state index < -0.39 is 5.82 Å². The van der Waals surface area contributed by atoms with Gasteiger partial charge < -0.3 is 10.1 Å². The average molecular weight is 206 g/mol. The van der Waals surface area contributed by atoms with Gasteiger partial charge in [-0.3, -0.25) is 0 Å². The fourth-order valence-corrected chi connectivity index (χ4v) is 1.62. The molecule has 0 bridgehead atoms. The molecular formula is C11H11FN2O. The lowest BCUT2D eigenvalue weighted by Gasteiger charge is -2.24. The third-order valence-corrected chi connectivity index (χ3v) is 2.43. The highest BCUT2D eigenvalue weighted by Crippen LogP contribution is 2.18. The highest BCUT2D eigenvalue weighted by Gasteiger charge is 2.16. The van der Waals surface area contributed by atoms with Crippen LogP contribution in [0.5, 0.6) is 0 Å². The molecule has 0 radical (unpaired) electrons. The molecule has 1 atom stereocenters. The number of nitriles is 1. The predicted octanol–water partition coefficient (Wildman–Crippen LogP) is 1.36. The van der Waals surface area contributed by atoms with Crippen molar-refractivity contribution in [2.75, 3.05) is 19.8 Å². The van der Waals surface area contributed by atoms with Gasteiger partial charge in [-0.05, 0) is 17.7 Å². The number of nitrogens with one attached hydrogen (secondary N) is 1. The molecule has 0 saturated carbocycles. The second-order valence-corrected chi connectivity index (χ2v) is 3.43. The van der Waals surface area contributed by atoms with E-state index in [1.54, 1.807) is 12.1 Å². The second kappa shape index (κ2) is 4.39. The van der Waals surface area contributed by atoms with Crippen molar-refractivity contribution in [2.45, 2.75) is 6.04 Å². The smallest absolute Gasteiger partial charge is 0.140 e. The van der Waals surface area contributed by atoms with E-state index in [0.717, 1.165) is 12.1 Å². The Bertz CT molecular complexity index is 394. The lowest BCUT2D eigenvalue weighted by Crippen LogP contribution is -2.34. The summed E-state index contributed by atoms with van der Waals surface area (Å²) in [5, 5.41) is 11.9. The summed E-state index contributed by atoms with van der Waals surface area (Å²) in [4.78, 5) is 0. The number of hydrogen-bond acceptors (Lipinski definition) is 3. The molecule has 0 amide bonds. The molecule has 0 spiro atoms.